The van der Waals surface area contributed by atoms with Crippen molar-refractivity contribution in [2.45, 2.75) is 58.8 Å². The summed E-state index contributed by atoms with van der Waals surface area (Å²) in [7, 11) is -4.13. The van der Waals surface area contributed by atoms with Gasteiger partial charge < -0.3 is 14.0 Å². The maximum atomic E-state index is 13.3. The molecule has 6 nitrogen and oxygen atoms in total. The summed E-state index contributed by atoms with van der Waals surface area (Å²) in [5, 5.41) is 0. The highest BCUT2D eigenvalue weighted by molar-refractivity contribution is 7.92. The molecule has 2 aromatic carbocycles. The topological polar surface area (TPSA) is 73.9 Å². The molecular formula is C22H29BFNO5S. The highest BCUT2D eigenvalue weighted by Crippen LogP contribution is 2.37. The normalized spacial score (nSPS) is 18.6. The highest BCUT2D eigenvalue weighted by Gasteiger charge is 2.51. The third kappa shape index (κ3) is 5.22. The molecular weight excluding hydrogens is 420 g/mol. The molecule has 0 radical (unpaired) electrons. The largest absolute Gasteiger partial charge is 0.494 e. The Balaban J connectivity index is 1.95. The molecule has 0 saturated carbocycles. The quantitative estimate of drug-likeness (QED) is 0.647. The molecule has 0 amide bonds. The summed E-state index contributed by atoms with van der Waals surface area (Å²) in [6.07, 6.45) is -0.445. The standard InChI is InChI=1S/C22H29BFNO5S/c1-7-31(26,27)25-19-13-10-17(23-29-21(3,4)22(5,6)30-23)14-20(19)28-15(2)16-8-11-18(24)12-9-16/h8-15,25H,7H2,1-6H3/t15-/m1/s1. The van der Waals surface area contributed by atoms with Crippen LogP contribution in [0.25, 0.3) is 0 Å². The molecule has 0 aromatic heterocycles. The van der Waals surface area contributed by atoms with Crippen LogP contribution in [0.2, 0.25) is 0 Å². The van der Waals surface area contributed by atoms with Crippen LogP contribution < -0.4 is 14.9 Å². The molecule has 0 unspecified atom stereocenters. The SMILES string of the molecule is CCS(=O)(=O)Nc1ccc(B2OC(C)(C)C(C)(C)O2)cc1O[C@H](C)c1ccc(F)cc1. The maximum absolute atomic E-state index is 13.3. The molecule has 0 bridgehead atoms. The molecule has 9 heteroatoms. The first-order chi connectivity index (χ1) is 14.3. The lowest BCUT2D eigenvalue weighted by Gasteiger charge is -2.32. The molecule has 1 N–H and O–H groups in total. The summed E-state index contributed by atoms with van der Waals surface area (Å²) in [4.78, 5) is 0. The Morgan fingerprint density at radius 3 is 2.19 bits per heavy atom. The number of ether oxygens (including phenoxy) is 1. The fourth-order valence-electron chi connectivity index (χ4n) is 3.08. The van der Waals surface area contributed by atoms with Gasteiger partial charge in [0.25, 0.3) is 0 Å². The number of anilines is 1. The molecule has 1 heterocycles. The predicted molar refractivity (Wildman–Crippen MR) is 121 cm³/mol. The molecule has 1 aliphatic heterocycles. The summed E-state index contributed by atoms with van der Waals surface area (Å²) in [5.74, 6) is -0.0741. The van der Waals surface area contributed by atoms with E-state index in [-0.39, 0.29) is 11.6 Å². The van der Waals surface area contributed by atoms with Gasteiger partial charge in [-0.2, -0.15) is 0 Å². The van der Waals surface area contributed by atoms with Gasteiger partial charge >= 0.3 is 7.12 Å². The van der Waals surface area contributed by atoms with Crippen LogP contribution in [-0.4, -0.2) is 32.5 Å². The van der Waals surface area contributed by atoms with Gasteiger partial charge in [-0.15, -0.1) is 0 Å². The van der Waals surface area contributed by atoms with Crippen LogP contribution in [-0.2, 0) is 19.3 Å². The van der Waals surface area contributed by atoms with Crippen LogP contribution in [0.3, 0.4) is 0 Å². The van der Waals surface area contributed by atoms with Crippen LogP contribution >= 0.6 is 0 Å². The minimum Gasteiger partial charge on any atom is -0.484 e. The number of rotatable bonds is 7. The summed E-state index contributed by atoms with van der Waals surface area (Å²) in [5.41, 5.74) is 0.757. The van der Waals surface area contributed by atoms with E-state index in [4.69, 9.17) is 14.0 Å². The lowest BCUT2D eigenvalue weighted by Crippen LogP contribution is -2.41. The van der Waals surface area contributed by atoms with Crippen LogP contribution in [0.5, 0.6) is 5.75 Å². The zero-order chi connectivity index (χ0) is 23.0. The lowest BCUT2D eigenvalue weighted by atomic mass is 9.79. The Labute approximate surface area is 184 Å². The van der Waals surface area contributed by atoms with Crippen molar-refractivity contribution in [1.82, 2.24) is 0 Å². The number of halogens is 1. The number of benzene rings is 2. The Hall–Kier alpha value is -2.10. The van der Waals surface area contributed by atoms with E-state index in [1.807, 2.05) is 34.6 Å². The highest BCUT2D eigenvalue weighted by atomic mass is 32.2. The number of nitrogens with one attached hydrogen (secondary N) is 1. The summed E-state index contributed by atoms with van der Waals surface area (Å²) in [6, 6.07) is 11.1. The molecule has 168 valence electrons. The molecule has 1 fully saturated rings. The first-order valence-corrected chi connectivity index (χ1v) is 11.9. The second kappa shape index (κ2) is 8.45. The number of hydrogen-bond donors (Lipinski definition) is 1. The molecule has 1 aliphatic rings. The predicted octanol–water partition coefficient (Wildman–Crippen LogP) is 4.03. The van der Waals surface area contributed by atoms with E-state index in [2.05, 4.69) is 4.72 Å². The first kappa shape index (κ1) is 23.6. The van der Waals surface area contributed by atoms with Gasteiger partial charge in [0.05, 0.1) is 22.6 Å². The van der Waals surface area contributed by atoms with E-state index < -0.39 is 34.4 Å². The van der Waals surface area contributed by atoms with Crippen molar-refractivity contribution in [2.24, 2.45) is 0 Å². The second-order valence-corrected chi connectivity index (χ2v) is 10.7. The van der Waals surface area contributed by atoms with Crippen LogP contribution in [0.15, 0.2) is 42.5 Å². The lowest BCUT2D eigenvalue weighted by molar-refractivity contribution is 0.00578. The Bertz CT molecular complexity index is 1020. The Kier molecular flexibility index (Phi) is 6.42. The summed E-state index contributed by atoms with van der Waals surface area (Å²) < 4.78 is 58.5. The average molecular weight is 449 g/mol. The molecule has 2 aromatic rings. The summed E-state index contributed by atoms with van der Waals surface area (Å²) in [6.45, 7) is 11.2. The van der Waals surface area contributed by atoms with Gasteiger partial charge in [-0.25, -0.2) is 12.8 Å². The smallest absolute Gasteiger partial charge is 0.484 e. The zero-order valence-corrected chi connectivity index (χ0v) is 19.5. The van der Waals surface area contributed by atoms with Gasteiger partial charge in [-0.05, 0) is 76.8 Å². The fraction of sp³-hybridized carbons (Fsp3) is 0.455. The monoisotopic (exact) mass is 449 g/mol. The Morgan fingerprint density at radius 2 is 1.65 bits per heavy atom. The van der Waals surface area contributed by atoms with Gasteiger partial charge in [0.1, 0.15) is 17.7 Å². The van der Waals surface area contributed by atoms with E-state index in [1.54, 1.807) is 37.3 Å². The van der Waals surface area contributed by atoms with Crippen molar-refractivity contribution in [3.63, 3.8) is 0 Å². The van der Waals surface area contributed by atoms with Gasteiger partial charge in [0.15, 0.2) is 0 Å². The van der Waals surface area contributed by atoms with Crippen LogP contribution in [0, 0.1) is 5.82 Å². The fourth-order valence-corrected chi connectivity index (χ4v) is 3.73. The van der Waals surface area contributed by atoms with E-state index in [0.717, 1.165) is 5.56 Å². The third-order valence-corrected chi connectivity index (χ3v) is 7.11. The van der Waals surface area contributed by atoms with E-state index >= 15 is 0 Å². The van der Waals surface area contributed by atoms with Gasteiger partial charge in [0.2, 0.25) is 10.0 Å². The van der Waals surface area contributed by atoms with Gasteiger partial charge in [-0.1, -0.05) is 18.2 Å². The third-order valence-electron chi connectivity index (χ3n) is 5.82. The van der Waals surface area contributed by atoms with E-state index in [1.165, 1.54) is 12.1 Å². The van der Waals surface area contributed by atoms with E-state index in [9.17, 15) is 12.8 Å². The zero-order valence-electron chi connectivity index (χ0n) is 18.7. The number of hydrogen-bond acceptors (Lipinski definition) is 5. The van der Waals surface area contributed by atoms with Crippen molar-refractivity contribution in [1.29, 1.82) is 0 Å². The average Bonchev–Trinajstić information content (AvgIpc) is 2.90. The molecule has 1 saturated heterocycles. The van der Waals surface area contributed by atoms with Crippen LogP contribution in [0.1, 0.15) is 53.2 Å². The molecule has 1 atom stereocenters. The minimum atomic E-state index is -3.51. The van der Waals surface area contributed by atoms with Crippen molar-refractivity contribution in [3.05, 3.63) is 53.8 Å². The molecule has 0 spiro atoms. The molecule has 3 rings (SSSR count). The second-order valence-electron chi connectivity index (χ2n) is 8.66. The van der Waals surface area contributed by atoms with Crippen molar-refractivity contribution >= 4 is 28.3 Å². The Morgan fingerprint density at radius 1 is 1.06 bits per heavy atom. The van der Waals surface area contributed by atoms with Crippen molar-refractivity contribution in [3.8, 4) is 5.75 Å². The minimum absolute atomic E-state index is 0.0705. The van der Waals surface area contributed by atoms with Crippen LogP contribution in [0.4, 0.5) is 10.1 Å². The van der Waals surface area contributed by atoms with Crippen molar-refractivity contribution < 1.29 is 26.9 Å². The van der Waals surface area contributed by atoms with Gasteiger partial charge in [0, 0.05) is 0 Å². The summed E-state index contributed by atoms with van der Waals surface area (Å²) >= 11 is 0. The number of sulfonamides is 1. The van der Waals surface area contributed by atoms with Gasteiger partial charge in [-0.3, -0.25) is 4.72 Å². The molecule has 31 heavy (non-hydrogen) atoms. The van der Waals surface area contributed by atoms with E-state index in [0.29, 0.717) is 16.9 Å². The maximum Gasteiger partial charge on any atom is 0.494 e. The van der Waals surface area contributed by atoms with Crippen molar-refractivity contribution in [2.75, 3.05) is 10.5 Å². The molecule has 0 aliphatic carbocycles. The first-order valence-electron chi connectivity index (χ1n) is 10.3.